The molecule has 3 aliphatic carbocycles. The molecule has 0 spiro atoms. The maximum Gasteiger partial charge on any atom is -0.0156 e. The fourth-order valence-corrected chi connectivity index (χ4v) is 6.23. The van der Waals surface area contributed by atoms with Crippen molar-refractivity contribution in [1.82, 2.24) is 0 Å². The molecule has 0 heteroatoms. The Hall–Kier alpha value is -0.780. The van der Waals surface area contributed by atoms with Gasteiger partial charge in [0.2, 0.25) is 0 Å². The first-order chi connectivity index (χ1) is 12.3. The van der Waals surface area contributed by atoms with Crippen LogP contribution < -0.4 is 0 Å². The molecule has 3 aliphatic rings. The van der Waals surface area contributed by atoms with Crippen molar-refractivity contribution in [2.75, 3.05) is 0 Å². The van der Waals surface area contributed by atoms with Crippen LogP contribution in [0.15, 0.2) is 12.1 Å². The lowest BCUT2D eigenvalue weighted by Crippen LogP contribution is -2.15. The molecule has 1 aromatic carbocycles. The molecule has 0 aliphatic heterocycles. The summed E-state index contributed by atoms with van der Waals surface area (Å²) in [5.41, 5.74) is 6.98. The Bertz CT molecular complexity index is 552. The largest absolute Gasteiger partial charge is 0.0555 e. The lowest BCUT2D eigenvalue weighted by atomic mass is 9.72. The highest BCUT2D eigenvalue weighted by Gasteiger charge is 2.27. The van der Waals surface area contributed by atoms with Crippen molar-refractivity contribution in [3.63, 3.8) is 0 Å². The second-order valence-corrected chi connectivity index (χ2v) is 9.35. The summed E-state index contributed by atoms with van der Waals surface area (Å²) >= 11 is 0. The molecule has 0 radical (unpaired) electrons. The monoisotopic (exact) mass is 338 g/mol. The number of rotatable bonds is 3. The highest BCUT2D eigenvalue weighted by molar-refractivity contribution is 5.44. The van der Waals surface area contributed by atoms with Gasteiger partial charge < -0.3 is 0 Å². The van der Waals surface area contributed by atoms with Gasteiger partial charge in [-0.05, 0) is 85.5 Å². The Balaban J connectivity index is 1.70. The minimum Gasteiger partial charge on any atom is -0.0555 e. The van der Waals surface area contributed by atoms with Gasteiger partial charge in [-0.1, -0.05) is 69.9 Å². The summed E-state index contributed by atoms with van der Waals surface area (Å²) in [5.74, 6) is 2.59. The zero-order chi connectivity index (χ0) is 17.1. The van der Waals surface area contributed by atoms with E-state index in [2.05, 4.69) is 19.1 Å². The third-order valence-electron chi connectivity index (χ3n) is 7.58. The first kappa shape index (κ1) is 17.6. The van der Waals surface area contributed by atoms with E-state index in [9.17, 15) is 0 Å². The molecule has 3 fully saturated rings. The molecule has 138 valence electrons. The maximum atomic E-state index is 2.73. The molecule has 25 heavy (non-hydrogen) atoms. The van der Waals surface area contributed by atoms with Crippen molar-refractivity contribution in [3.05, 3.63) is 34.4 Å². The Kier molecular flexibility index (Phi) is 5.83. The van der Waals surface area contributed by atoms with Crippen LogP contribution in [0, 0.1) is 6.92 Å². The molecule has 4 rings (SSSR count). The summed E-state index contributed by atoms with van der Waals surface area (Å²) in [5, 5.41) is 0. The van der Waals surface area contributed by atoms with Gasteiger partial charge in [-0.2, -0.15) is 0 Å². The van der Waals surface area contributed by atoms with Gasteiger partial charge in [-0.25, -0.2) is 0 Å². The summed E-state index contributed by atoms with van der Waals surface area (Å²) in [6.45, 7) is 2.45. The molecule has 0 amide bonds. The Morgan fingerprint density at radius 2 is 1.04 bits per heavy atom. The van der Waals surface area contributed by atoms with Crippen molar-refractivity contribution in [3.8, 4) is 0 Å². The molecule has 0 bridgehead atoms. The van der Waals surface area contributed by atoms with Crippen LogP contribution in [0.1, 0.15) is 136 Å². The smallest absolute Gasteiger partial charge is 0.0156 e. The SMILES string of the molecule is Cc1cc(C2CCCCC2)cc(C2CCCCC2)c1C1CCCCC1. The summed E-state index contributed by atoms with van der Waals surface area (Å²) in [4.78, 5) is 0. The third-order valence-corrected chi connectivity index (χ3v) is 7.58. The van der Waals surface area contributed by atoms with Crippen LogP contribution in [-0.4, -0.2) is 0 Å². The minimum atomic E-state index is 0.857. The quantitative estimate of drug-likeness (QED) is 0.521. The van der Waals surface area contributed by atoms with E-state index in [1.54, 1.807) is 11.1 Å². The predicted molar refractivity (Wildman–Crippen MR) is 109 cm³/mol. The number of hydrogen-bond donors (Lipinski definition) is 0. The average molecular weight is 339 g/mol. The standard InChI is InChI=1S/C25H38/c1-19-17-23(20-11-5-2-6-12-20)18-24(21-13-7-3-8-14-21)25(19)22-15-9-4-10-16-22/h17-18,20-22H,2-16H2,1H3. The van der Waals surface area contributed by atoms with Crippen molar-refractivity contribution >= 4 is 0 Å². The van der Waals surface area contributed by atoms with Gasteiger partial charge >= 0.3 is 0 Å². The summed E-state index contributed by atoms with van der Waals surface area (Å²) in [7, 11) is 0. The van der Waals surface area contributed by atoms with Gasteiger partial charge in [-0.3, -0.25) is 0 Å². The second kappa shape index (κ2) is 8.28. The fourth-order valence-electron chi connectivity index (χ4n) is 6.23. The molecule has 0 unspecified atom stereocenters. The first-order valence-electron chi connectivity index (χ1n) is 11.5. The van der Waals surface area contributed by atoms with E-state index in [0.29, 0.717) is 0 Å². The van der Waals surface area contributed by atoms with E-state index < -0.39 is 0 Å². The van der Waals surface area contributed by atoms with E-state index >= 15 is 0 Å². The topological polar surface area (TPSA) is 0 Å². The van der Waals surface area contributed by atoms with Gasteiger partial charge in [0.15, 0.2) is 0 Å². The molecule has 0 N–H and O–H groups in total. The van der Waals surface area contributed by atoms with Gasteiger partial charge in [0.25, 0.3) is 0 Å². The summed E-state index contributed by atoms with van der Waals surface area (Å²) in [6.07, 6.45) is 21.8. The van der Waals surface area contributed by atoms with Crippen LogP contribution in [0.25, 0.3) is 0 Å². The summed E-state index contributed by atoms with van der Waals surface area (Å²) < 4.78 is 0. The number of benzene rings is 1. The number of hydrogen-bond acceptors (Lipinski definition) is 0. The van der Waals surface area contributed by atoms with Crippen LogP contribution in [-0.2, 0) is 0 Å². The van der Waals surface area contributed by atoms with E-state index in [-0.39, 0.29) is 0 Å². The van der Waals surface area contributed by atoms with E-state index in [0.717, 1.165) is 17.8 Å². The van der Waals surface area contributed by atoms with Crippen molar-refractivity contribution in [2.45, 2.75) is 121 Å². The van der Waals surface area contributed by atoms with E-state index in [1.807, 2.05) is 11.1 Å². The molecule has 0 aromatic heterocycles. The van der Waals surface area contributed by atoms with Crippen molar-refractivity contribution < 1.29 is 0 Å². The third kappa shape index (κ3) is 3.99. The van der Waals surface area contributed by atoms with Crippen LogP contribution in [0.2, 0.25) is 0 Å². The number of aryl methyl sites for hydroxylation is 1. The van der Waals surface area contributed by atoms with Crippen LogP contribution in [0.3, 0.4) is 0 Å². The lowest BCUT2D eigenvalue weighted by molar-refractivity contribution is 0.415. The Morgan fingerprint density at radius 1 is 0.560 bits per heavy atom. The molecule has 1 aromatic rings. The first-order valence-corrected chi connectivity index (χ1v) is 11.5. The summed E-state index contributed by atoms with van der Waals surface area (Å²) in [6, 6.07) is 5.34. The Labute approximate surface area is 155 Å². The van der Waals surface area contributed by atoms with E-state index in [4.69, 9.17) is 0 Å². The van der Waals surface area contributed by atoms with Crippen LogP contribution in [0.4, 0.5) is 0 Å². The van der Waals surface area contributed by atoms with Crippen LogP contribution in [0.5, 0.6) is 0 Å². The molecule has 3 saturated carbocycles. The lowest BCUT2D eigenvalue weighted by Gasteiger charge is -2.33. The Morgan fingerprint density at radius 3 is 1.60 bits per heavy atom. The highest BCUT2D eigenvalue weighted by Crippen LogP contribution is 2.44. The molecule has 0 nitrogen and oxygen atoms in total. The molecule has 0 saturated heterocycles. The highest BCUT2D eigenvalue weighted by atomic mass is 14.3. The van der Waals surface area contributed by atoms with Gasteiger partial charge in [0.05, 0.1) is 0 Å². The maximum absolute atomic E-state index is 2.73. The molecular formula is C25H38. The average Bonchev–Trinajstić information content (AvgIpc) is 2.69. The van der Waals surface area contributed by atoms with Crippen LogP contribution >= 0.6 is 0 Å². The minimum absolute atomic E-state index is 0.857. The van der Waals surface area contributed by atoms with Crippen molar-refractivity contribution in [1.29, 1.82) is 0 Å². The normalized spacial score (nSPS) is 24.5. The second-order valence-electron chi connectivity index (χ2n) is 9.35. The zero-order valence-corrected chi connectivity index (χ0v) is 16.5. The van der Waals surface area contributed by atoms with Gasteiger partial charge in [-0.15, -0.1) is 0 Å². The zero-order valence-electron chi connectivity index (χ0n) is 16.5. The van der Waals surface area contributed by atoms with Gasteiger partial charge in [0.1, 0.15) is 0 Å². The van der Waals surface area contributed by atoms with Crippen molar-refractivity contribution in [2.24, 2.45) is 0 Å². The van der Waals surface area contributed by atoms with Gasteiger partial charge in [0, 0.05) is 0 Å². The van der Waals surface area contributed by atoms with E-state index in [1.165, 1.54) is 96.3 Å². The predicted octanol–water partition coefficient (Wildman–Crippen LogP) is 8.14. The molecule has 0 heterocycles. The fraction of sp³-hybridized carbons (Fsp3) is 0.760. The molecule has 0 atom stereocenters. The molecular weight excluding hydrogens is 300 g/mol.